The van der Waals surface area contributed by atoms with Crippen molar-refractivity contribution in [3.8, 4) is 0 Å². The standard InChI is InChI=1S/C15H12BrClN2O2S/c1-21-14(20)10-4-2-3-5-12(10)18-15(22)19-13-7-6-9(16)8-11(13)17/h2-8H,1H3,(H2,18,19,22). The first kappa shape index (κ1) is 16.7. The second-order valence-electron chi connectivity index (χ2n) is 4.24. The van der Waals surface area contributed by atoms with Crippen molar-refractivity contribution in [2.24, 2.45) is 0 Å². The van der Waals surface area contributed by atoms with Crippen molar-refractivity contribution >= 4 is 62.2 Å². The molecule has 0 aromatic heterocycles. The fourth-order valence-electron chi connectivity index (χ4n) is 1.75. The van der Waals surface area contributed by atoms with Crippen LogP contribution < -0.4 is 10.6 Å². The molecule has 0 amide bonds. The third kappa shape index (κ3) is 4.19. The lowest BCUT2D eigenvalue weighted by Crippen LogP contribution is -2.21. The summed E-state index contributed by atoms with van der Waals surface area (Å²) in [7, 11) is 1.33. The molecule has 7 heteroatoms. The topological polar surface area (TPSA) is 50.4 Å². The van der Waals surface area contributed by atoms with Crippen LogP contribution in [0.25, 0.3) is 0 Å². The highest BCUT2D eigenvalue weighted by atomic mass is 79.9. The number of carbonyl (C=O) groups is 1. The van der Waals surface area contributed by atoms with E-state index in [0.29, 0.717) is 27.1 Å². The number of halogens is 2. The fourth-order valence-corrected chi connectivity index (χ4v) is 2.69. The molecule has 2 aromatic carbocycles. The van der Waals surface area contributed by atoms with Gasteiger partial charge in [0, 0.05) is 4.47 Å². The summed E-state index contributed by atoms with van der Waals surface area (Å²) in [5.41, 5.74) is 1.62. The first-order valence-corrected chi connectivity index (χ1v) is 7.79. The van der Waals surface area contributed by atoms with Gasteiger partial charge in [-0.3, -0.25) is 0 Å². The molecule has 2 N–H and O–H groups in total. The summed E-state index contributed by atoms with van der Waals surface area (Å²) in [6.45, 7) is 0. The van der Waals surface area contributed by atoms with Crippen molar-refractivity contribution in [2.75, 3.05) is 17.7 Å². The van der Waals surface area contributed by atoms with Crippen molar-refractivity contribution in [3.05, 3.63) is 57.5 Å². The molecule has 2 rings (SSSR count). The molecule has 0 aliphatic rings. The maximum Gasteiger partial charge on any atom is 0.339 e. The highest BCUT2D eigenvalue weighted by molar-refractivity contribution is 9.10. The van der Waals surface area contributed by atoms with Gasteiger partial charge in [0.25, 0.3) is 0 Å². The Balaban J connectivity index is 2.14. The van der Waals surface area contributed by atoms with Crippen molar-refractivity contribution in [1.82, 2.24) is 0 Å². The number of para-hydroxylation sites is 1. The maximum atomic E-state index is 11.7. The molecule has 2 aromatic rings. The largest absolute Gasteiger partial charge is 0.465 e. The molecule has 0 atom stereocenters. The molecule has 0 radical (unpaired) electrons. The fraction of sp³-hybridized carbons (Fsp3) is 0.0667. The summed E-state index contributed by atoms with van der Waals surface area (Å²) in [5.74, 6) is -0.437. The van der Waals surface area contributed by atoms with Gasteiger partial charge in [-0.25, -0.2) is 4.79 Å². The molecule has 0 bridgehead atoms. The zero-order chi connectivity index (χ0) is 16.1. The van der Waals surface area contributed by atoms with Crippen LogP contribution in [-0.2, 0) is 4.74 Å². The minimum Gasteiger partial charge on any atom is -0.465 e. The predicted octanol–water partition coefficient (Wildman–Crippen LogP) is 4.70. The molecule has 22 heavy (non-hydrogen) atoms. The van der Waals surface area contributed by atoms with E-state index in [4.69, 9.17) is 28.6 Å². The zero-order valence-electron chi connectivity index (χ0n) is 11.5. The Morgan fingerprint density at radius 3 is 2.55 bits per heavy atom. The highest BCUT2D eigenvalue weighted by Crippen LogP contribution is 2.26. The Morgan fingerprint density at radius 2 is 1.86 bits per heavy atom. The number of ether oxygens (including phenoxy) is 1. The SMILES string of the molecule is COC(=O)c1ccccc1NC(=S)Nc1ccc(Br)cc1Cl. The van der Waals surface area contributed by atoms with Crippen LogP contribution in [0.2, 0.25) is 5.02 Å². The van der Waals surface area contributed by atoms with Gasteiger partial charge in [-0.2, -0.15) is 0 Å². The van der Waals surface area contributed by atoms with Crippen LogP contribution in [0.5, 0.6) is 0 Å². The lowest BCUT2D eigenvalue weighted by molar-refractivity contribution is 0.0602. The molecular weight excluding hydrogens is 388 g/mol. The van der Waals surface area contributed by atoms with Gasteiger partial charge < -0.3 is 15.4 Å². The van der Waals surface area contributed by atoms with Gasteiger partial charge in [0.15, 0.2) is 5.11 Å². The van der Waals surface area contributed by atoms with Crippen LogP contribution in [-0.4, -0.2) is 18.2 Å². The van der Waals surface area contributed by atoms with Crippen LogP contribution in [0.4, 0.5) is 11.4 Å². The maximum absolute atomic E-state index is 11.7. The zero-order valence-corrected chi connectivity index (χ0v) is 14.7. The molecule has 0 aliphatic carbocycles. The Labute approximate surface area is 146 Å². The molecule has 114 valence electrons. The third-order valence-electron chi connectivity index (χ3n) is 2.76. The molecule has 0 aliphatic heterocycles. The van der Waals surface area contributed by atoms with E-state index < -0.39 is 5.97 Å². The first-order valence-electron chi connectivity index (χ1n) is 6.21. The monoisotopic (exact) mass is 398 g/mol. The number of anilines is 2. The predicted molar refractivity (Wildman–Crippen MR) is 96.8 cm³/mol. The van der Waals surface area contributed by atoms with Gasteiger partial charge in [0.1, 0.15) is 0 Å². The lowest BCUT2D eigenvalue weighted by atomic mass is 10.2. The molecule has 4 nitrogen and oxygen atoms in total. The molecule has 0 heterocycles. The van der Waals surface area contributed by atoms with E-state index in [0.717, 1.165) is 4.47 Å². The van der Waals surface area contributed by atoms with Crippen LogP contribution in [0.15, 0.2) is 46.9 Å². The van der Waals surface area contributed by atoms with Gasteiger partial charge in [-0.05, 0) is 42.5 Å². The van der Waals surface area contributed by atoms with Crippen molar-refractivity contribution in [3.63, 3.8) is 0 Å². The number of benzene rings is 2. The van der Waals surface area contributed by atoms with E-state index in [1.54, 1.807) is 36.4 Å². The lowest BCUT2D eigenvalue weighted by Gasteiger charge is -2.14. The Kier molecular flexibility index (Phi) is 5.76. The number of esters is 1. The van der Waals surface area contributed by atoms with E-state index in [-0.39, 0.29) is 0 Å². The van der Waals surface area contributed by atoms with E-state index in [2.05, 4.69) is 26.6 Å². The highest BCUT2D eigenvalue weighted by Gasteiger charge is 2.12. The molecule has 0 saturated carbocycles. The number of nitrogens with one attached hydrogen (secondary N) is 2. The summed E-state index contributed by atoms with van der Waals surface area (Å²) in [6.07, 6.45) is 0. The number of rotatable bonds is 3. The molecular formula is C15H12BrClN2O2S. The second-order valence-corrected chi connectivity index (χ2v) is 5.97. The van der Waals surface area contributed by atoms with Gasteiger partial charge in [-0.1, -0.05) is 39.7 Å². The van der Waals surface area contributed by atoms with Crippen LogP contribution in [0.1, 0.15) is 10.4 Å². The van der Waals surface area contributed by atoms with Crippen LogP contribution in [0.3, 0.4) is 0 Å². The number of methoxy groups -OCH3 is 1. The molecule has 0 saturated heterocycles. The van der Waals surface area contributed by atoms with Crippen LogP contribution in [0, 0.1) is 0 Å². The number of hydrogen-bond acceptors (Lipinski definition) is 3. The number of hydrogen-bond donors (Lipinski definition) is 2. The first-order chi connectivity index (χ1) is 10.5. The average Bonchev–Trinajstić information content (AvgIpc) is 2.50. The molecule has 0 unspecified atom stereocenters. The minimum absolute atomic E-state index is 0.320. The van der Waals surface area contributed by atoms with Crippen molar-refractivity contribution < 1.29 is 9.53 Å². The Bertz CT molecular complexity index is 724. The summed E-state index contributed by atoms with van der Waals surface area (Å²) in [5, 5.41) is 6.80. The van der Waals surface area contributed by atoms with Gasteiger partial charge in [0.05, 0.1) is 29.1 Å². The normalized spacial score (nSPS) is 9.95. The second kappa shape index (κ2) is 7.58. The van der Waals surface area contributed by atoms with Gasteiger partial charge in [-0.15, -0.1) is 0 Å². The quantitative estimate of drug-likeness (QED) is 0.579. The Hall–Kier alpha value is -1.63. The number of thiocarbonyl (C=S) groups is 1. The molecule has 0 fully saturated rings. The van der Waals surface area contributed by atoms with Crippen molar-refractivity contribution in [1.29, 1.82) is 0 Å². The van der Waals surface area contributed by atoms with Gasteiger partial charge in [0.2, 0.25) is 0 Å². The van der Waals surface area contributed by atoms with Crippen LogP contribution >= 0.6 is 39.7 Å². The Morgan fingerprint density at radius 1 is 1.18 bits per heavy atom. The minimum atomic E-state index is -0.437. The van der Waals surface area contributed by atoms with Gasteiger partial charge >= 0.3 is 5.97 Å². The van der Waals surface area contributed by atoms with E-state index >= 15 is 0 Å². The third-order valence-corrected chi connectivity index (χ3v) is 3.77. The van der Waals surface area contributed by atoms with E-state index in [1.807, 2.05) is 6.07 Å². The summed E-state index contributed by atoms with van der Waals surface area (Å²) >= 11 is 14.7. The summed E-state index contributed by atoms with van der Waals surface area (Å²) in [6, 6.07) is 12.3. The smallest absolute Gasteiger partial charge is 0.339 e. The summed E-state index contributed by atoms with van der Waals surface area (Å²) < 4.78 is 5.61. The number of carbonyl (C=O) groups excluding carboxylic acids is 1. The van der Waals surface area contributed by atoms with Crippen molar-refractivity contribution in [2.45, 2.75) is 0 Å². The molecule has 0 spiro atoms. The average molecular weight is 400 g/mol. The van der Waals surface area contributed by atoms with E-state index in [9.17, 15) is 4.79 Å². The van der Waals surface area contributed by atoms with E-state index in [1.165, 1.54) is 7.11 Å². The summed E-state index contributed by atoms with van der Waals surface area (Å²) in [4.78, 5) is 11.7.